The van der Waals surface area contributed by atoms with Gasteiger partial charge in [0.1, 0.15) is 5.56 Å². The molecule has 0 saturated carbocycles. The highest BCUT2D eigenvalue weighted by Gasteiger charge is 2.31. The first-order valence-corrected chi connectivity index (χ1v) is 9.37. The van der Waals surface area contributed by atoms with E-state index in [4.69, 9.17) is 14.0 Å². The van der Waals surface area contributed by atoms with Gasteiger partial charge in [-0.2, -0.15) is 13.2 Å². The maximum Gasteiger partial charge on any atom is 0.416 e. The number of benzene rings is 2. The van der Waals surface area contributed by atoms with Gasteiger partial charge >= 0.3 is 6.18 Å². The predicted octanol–water partition coefficient (Wildman–Crippen LogP) is 4.66. The van der Waals surface area contributed by atoms with E-state index in [9.17, 15) is 18.0 Å². The number of rotatable bonds is 7. The number of ether oxygens (including phenoxy) is 2. The Hall–Kier alpha value is -3.49. The molecule has 3 aromatic rings. The predicted molar refractivity (Wildman–Crippen MR) is 107 cm³/mol. The Morgan fingerprint density at radius 3 is 2.52 bits per heavy atom. The van der Waals surface area contributed by atoms with E-state index in [2.05, 4.69) is 10.5 Å². The van der Waals surface area contributed by atoms with Crippen molar-refractivity contribution in [3.05, 3.63) is 64.8 Å². The summed E-state index contributed by atoms with van der Waals surface area (Å²) in [4.78, 5) is 12.7. The summed E-state index contributed by atoms with van der Waals surface area (Å²) in [6.07, 6.45) is -4.00. The third kappa shape index (κ3) is 4.99. The number of methoxy groups -OCH3 is 2. The second-order valence-corrected chi connectivity index (χ2v) is 6.75. The quantitative estimate of drug-likeness (QED) is 0.586. The molecule has 0 saturated heterocycles. The zero-order chi connectivity index (χ0) is 22.6. The SMILES string of the molecule is COc1ccc(CCNC(=O)c2c(C)noc2-c2cccc(C(F)(F)F)c2)cc1OC. The molecule has 0 spiro atoms. The molecule has 0 bridgehead atoms. The second-order valence-electron chi connectivity index (χ2n) is 6.75. The first-order chi connectivity index (χ1) is 14.7. The minimum Gasteiger partial charge on any atom is -0.493 e. The van der Waals surface area contributed by atoms with Gasteiger partial charge in [-0.05, 0) is 43.2 Å². The van der Waals surface area contributed by atoms with E-state index in [1.165, 1.54) is 19.2 Å². The van der Waals surface area contributed by atoms with Gasteiger partial charge in [0, 0.05) is 12.1 Å². The van der Waals surface area contributed by atoms with Crippen LogP contribution in [0.15, 0.2) is 47.0 Å². The molecule has 1 aromatic heterocycles. The topological polar surface area (TPSA) is 73.6 Å². The van der Waals surface area contributed by atoms with E-state index in [0.29, 0.717) is 24.5 Å². The monoisotopic (exact) mass is 434 g/mol. The Bertz CT molecular complexity index is 1080. The average Bonchev–Trinajstić information content (AvgIpc) is 3.14. The van der Waals surface area contributed by atoms with Crippen molar-refractivity contribution in [2.45, 2.75) is 19.5 Å². The lowest BCUT2D eigenvalue weighted by Gasteiger charge is -2.10. The Labute approximate surface area is 177 Å². The molecule has 2 aromatic carbocycles. The van der Waals surface area contributed by atoms with Crippen molar-refractivity contribution in [2.75, 3.05) is 20.8 Å². The summed E-state index contributed by atoms with van der Waals surface area (Å²) in [6.45, 7) is 1.85. The van der Waals surface area contributed by atoms with Gasteiger partial charge in [0.05, 0.1) is 25.5 Å². The van der Waals surface area contributed by atoms with E-state index in [-0.39, 0.29) is 22.6 Å². The lowest BCUT2D eigenvalue weighted by molar-refractivity contribution is -0.137. The molecule has 9 heteroatoms. The average molecular weight is 434 g/mol. The summed E-state index contributed by atoms with van der Waals surface area (Å²) >= 11 is 0. The van der Waals surface area contributed by atoms with Gasteiger partial charge in [0.15, 0.2) is 17.3 Å². The number of hydrogen-bond donors (Lipinski definition) is 1. The van der Waals surface area contributed by atoms with Crippen molar-refractivity contribution < 1.29 is 32.0 Å². The van der Waals surface area contributed by atoms with Crippen molar-refractivity contribution in [2.24, 2.45) is 0 Å². The number of alkyl halides is 3. The molecule has 0 fully saturated rings. The highest BCUT2D eigenvalue weighted by atomic mass is 19.4. The zero-order valence-corrected chi connectivity index (χ0v) is 17.2. The fourth-order valence-electron chi connectivity index (χ4n) is 3.12. The molecule has 0 unspecified atom stereocenters. The van der Waals surface area contributed by atoms with Crippen LogP contribution in [0.1, 0.15) is 27.2 Å². The smallest absolute Gasteiger partial charge is 0.416 e. The number of hydrogen-bond acceptors (Lipinski definition) is 5. The van der Waals surface area contributed by atoms with Crippen LogP contribution in [0, 0.1) is 6.92 Å². The molecule has 3 rings (SSSR count). The molecule has 1 N–H and O–H groups in total. The maximum atomic E-state index is 13.0. The number of aromatic nitrogens is 1. The molecule has 0 atom stereocenters. The number of carbonyl (C=O) groups excluding carboxylic acids is 1. The standard InChI is InChI=1S/C22H21F3N2O4/c1-13-19(20(31-27-13)15-5-4-6-16(12-15)22(23,24)25)21(28)26-10-9-14-7-8-17(29-2)18(11-14)30-3/h4-8,11-12H,9-10H2,1-3H3,(H,26,28). The zero-order valence-electron chi connectivity index (χ0n) is 17.2. The van der Waals surface area contributed by atoms with E-state index in [1.54, 1.807) is 20.1 Å². The molecule has 6 nitrogen and oxygen atoms in total. The highest BCUT2D eigenvalue weighted by molar-refractivity contribution is 6.00. The summed E-state index contributed by atoms with van der Waals surface area (Å²) in [6, 6.07) is 10.0. The molecule has 1 heterocycles. The van der Waals surface area contributed by atoms with Crippen LogP contribution in [0.2, 0.25) is 0 Å². The number of aryl methyl sites for hydroxylation is 1. The highest BCUT2D eigenvalue weighted by Crippen LogP contribution is 2.34. The fourth-order valence-corrected chi connectivity index (χ4v) is 3.12. The summed E-state index contributed by atoms with van der Waals surface area (Å²) in [7, 11) is 3.08. The lowest BCUT2D eigenvalue weighted by atomic mass is 10.0. The van der Waals surface area contributed by atoms with Crippen LogP contribution in [-0.4, -0.2) is 31.8 Å². The van der Waals surface area contributed by atoms with Crippen LogP contribution in [0.25, 0.3) is 11.3 Å². The number of carbonyl (C=O) groups is 1. The summed E-state index contributed by atoms with van der Waals surface area (Å²) in [5.74, 6) is 0.688. The third-order valence-corrected chi connectivity index (χ3v) is 4.69. The van der Waals surface area contributed by atoms with Gasteiger partial charge < -0.3 is 19.3 Å². The third-order valence-electron chi connectivity index (χ3n) is 4.69. The fraction of sp³-hybridized carbons (Fsp3) is 0.273. The van der Waals surface area contributed by atoms with E-state index in [1.807, 2.05) is 12.1 Å². The lowest BCUT2D eigenvalue weighted by Crippen LogP contribution is -2.26. The number of amides is 1. The molecule has 0 aliphatic carbocycles. The molecular formula is C22H21F3N2O4. The van der Waals surface area contributed by atoms with Crippen molar-refractivity contribution in [3.8, 4) is 22.8 Å². The molecule has 0 aliphatic heterocycles. The van der Waals surface area contributed by atoms with Gasteiger partial charge in [0.2, 0.25) is 0 Å². The molecule has 0 radical (unpaired) electrons. The minimum absolute atomic E-state index is 0.00721. The summed E-state index contributed by atoms with van der Waals surface area (Å²) in [5.41, 5.74) is 0.597. The molecule has 0 aliphatic rings. The van der Waals surface area contributed by atoms with Crippen molar-refractivity contribution in [1.82, 2.24) is 10.5 Å². The summed E-state index contributed by atoms with van der Waals surface area (Å²) in [5, 5.41) is 6.53. The normalized spacial score (nSPS) is 11.3. The largest absolute Gasteiger partial charge is 0.493 e. The van der Waals surface area contributed by atoms with Crippen LogP contribution in [0.5, 0.6) is 11.5 Å². The van der Waals surface area contributed by atoms with Gasteiger partial charge in [-0.1, -0.05) is 23.4 Å². The number of halogens is 3. The van der Waals surface area contributed by atoms with Gasteiger partial charge in [-0.25, -0.2) is 0 Å². The molecule has 1 amide bonds. The van der Waals surface area contributed by atoms with Gasteiger partial charge in [-0.3, -0.25) is 4.79 Å². The number of nitrogens with one attached hydrogen (secondary N) is 1. The van der Waals surface area contributed by atoms with Crippen molar-refractivity contribution in [3.63, 3.8) is 0 Å². The van der Waals surface area contributed by atoms with Crippen LogP contribution < -0.4 is 14.8 Å². The Morgan fingerprint density at radius 1 is 1.10 bits per heavy atom. The Balaban J connectivity index is 1.75. The van der Waals surface area contributed by atoms with E-state index in [0.717, 1.165) is 17.7 Å². The van der Waals surface area contributed by atoms with Crippen LogP contribution >= 0.6 is 0 Å². The first-order valence-electron chi connectivity index (χ1n) is 9.37. The van der Waals surface area contributed by atoms with Crippen molar-refractivity contribution >= 4 is 5.91 Å². The maximum absolute atomic E-state index is 13.0. The minimum atomic E-state index is -4.51. The Kier molecular flexibility index (Phi) is 6.53. The molecule has 164 valence electrons. The van der Waals surface area contributed by atoms with Crippen LogP contribution in [0.3, 0.4) is 0 Å². The second kappa shape index (κ2) is 9.11. The summed E-state index contributed by atoms with van der Waals surface area (Å²) < 4.78 is 54.7. The first kappa shape index (κ1) is 22.2. The van der Waals surface area contributed by atoms with Crippen molar-refractivity contribution in [1.29, 1.82) is 0 Å². The van der Waals surface area contributed by atoms with Gasteiger partial charge in [-0.15, -0.1) is 0 Å². The van der Waals surface area contributed by atoms with Crippen LogP contribution in [-0.2, 0) is 12.6 Å². The Morgan fingerprint density at radius 2 is 1.84 bits per heavy atom. The molecular weight excluding hydrogens is 413 g/mol. The van der Waals surface area contributed by atoms with Crippen LogP contribution in [0.4, 0.5) is 13.2 Å². The van der Waals surface area contributed by atoms with Gasteiger partial charge in [0.25, 0.3) is 5.91 Å². The number of nitrogens with zero attached hydrogens (tertiary/aromatic N) is 1. The molecule has 31 heavy (non-hydrogen) atoms. The van der Waals surface area contributed by atoms with E-state index >= 15 is 0 Å². The van der Waals surface area contributed by atoms with E-state index < -0.39 is 17.6 Å².